The van der Waals surface area contributed by atoms with Gasteiger partial charge in [-0.3, -0.25) is 0 Å². The van der Waals surface area contributed by atoms with Gasteiger partial charge < -0.3 is 28.8 Å². The van der Waals surface area contributed by atoms with Crippen LogP contribution in [-0.2, 0) is 50.9 Å². The Morgan fingerprint density at radius 2 is 0.744 bits per heavy atom. The molecule has 0 aromatic heterocycles. The molecule has 0 aliphatic heterocycles. The fraction of sp³-hybridized carbons (Fsp3) is 0.455. The van der Waals surface area contributed by atoms with E-state index in [4.69, 9.17) is 35.3 Å². The van der Waals surface area contributed by atoms with Gasteiger partial charge in [0, 0.05) is 4.47 Å². The number of hydrogen-bond donors (Lipinski definition) is 1. The molecule has 2 aliphatic carbocycles. The Morgan fingerprint density at radius 3 is 1.14 bits per heavy atom. The number of benzene rings is 10. The standard InChI is InChI=1S/C17H20O.C17H20.C14H21ClO.2C13H15F3.2C12H17BrO.C12H18O2/c1-14(2)8-9-15-10-12-17(13-11-15)18-16-6-4-3-5-7-16;1-14(2)8-9-15-10-12-17(13-11-15)16-6-4-3-5-7-16;1-4-9-16-14-8-7-12(10-13(14)15)6-5-11(2)3;2*1-8(2)11-7-12(11)9-4-3-5-10(6-9)13(14,15)16;1-9(2)4-5-10-8-11(13)6-7-12(10)14-3;2*1-9(2)4-5-10-6-7-12(14-3)11(13)8-10/h3-7,10-14H,8-9H2,1-2H3;3-7,10-14H,8-9H2,1-2H3;7-8,10-11H,4-6,9H2,1-3H3;2*3-6,8,11-12H,7H2,1-2H3;2*6-9H,4-5H2,1-3H3;6-9,13H,4-5H2,1-3H3/t;;;2*11-,12+;;;/m...10.../s1. The van der Waals surface area contributed by atoms with E-state index in [9.17, 15) is 31.4 Å². The molecule has 0 amide bonds. The first-order valence-corrected chi connectivity index (χ1v) is 47.0. The second-order valence-electron chi connectivity index (χ2n) is 36.0. The van der Waals surface area contributed by atoms with Crippen LogP contribution in [0.3, 0.4) is 0 Å². The minimum absolute atomic E-state index is 0.230. The summed E-state index contributed by atoms with van der Waals surface area (Å²) in [7, 11) is 4.97. The second kappa shape index (κ2) is 56.2. The third kappa shape index (κ3) is 42.5. The van der Waals surface area contributed by atoms with Crippen LogP contribution in [0.15, 0.2) is 239 Å². The highest BCUT2D eigenvalue weighted by molar-refractivity contribution is 9.10. The normalized spacial score (nSPS) is 14.3. The molecule has 0 spiro atoms. The minimum Gasteiger partial charge on any atom is -0.504 e. The van der Waals surface area contributed by atoms with Gasteiger partial charge in [-0.2, -0.15) is 26.3 Å². The summed E-state index contributed by atoms with van der Waals surface area (Å²) in [4.78, 5) is 0. The highest BCUT2D eigenvalue weighted by Crippen LogP contribution is 2.53. The lowest BCUT2D eigenvalue weighted by molar-refractivity contribution is -0.138. The van der Waals surface area contributed by atoms with Crippen molar-refractivity contribution < 1.29 is 55.1 Å². The first-order chi connectivity index (χ1) is 59.3. The Morgan fingerprint density at radius 1 is 0.376 bits per heavy atom. The quantitative estimate of drug-likeness (QED) is 0.0437. The SMILES string of the molecule is CC(C)CCc1ccc(-c2ccccc2)cc1.CC(C)CCc1ccc(Oc2ccccc2)cc1.CC(C)[C@@H]1C[C@@H]1c1cccc(C(F)(F)F)c1.CC(C)[C@H]1C[C@H]1c1cccc(C(F)(F)F)c1.CCCOc1ccc(CCC(C)C)cc1Cl.COc1ccc(Br)cc1CCC(C)C.COc1ccc(CCC(C)C)cc1Br.COc1ccc(CCC(C)C)cc1O. The summed E-state index contributed by atoms with van der Waals surface area (Å²) in [6.07, 6.45) is 8.55. The van der Waals surface area contributed by atoms with Gasteiger partial charge in [-0.1, -0.05) is 285 Å². The maximum Gasteiger partial charge on any atom is 0.416 e. The largest absolute Gasteiger partial charge is 0.504 e. The monoisotopic (exact) mass is 1870 g/mol. The Labute approximate surface area is 770 Å². The lowest BCUT2D eigenvalue weighted by Crippen LogP contribution is -2.05. The number of methoxy groups -OCH3 is 3. The number of phenolic OH excluding ortho intramolecular Hbond substituents is 1. The van der Waals surface area contributed by atoms with Crippen molar-refractivity contribution in [2.75, 3.05) is 27.9 Å². The molecular weight excluding hydrogens is 1730 g/mol. The number of hydrogen-bond acceptors (Lipinski definition) is 6. The van der Waals surface area contributed by atoms with Crippen molar-refractivity contribution >= 4 is 43.5 Å². The molecule has 2 aliphatic rings. The molecule has 1 N–H and O–H groups in total. The van der Waals surface area contributed by atoms with Gasteiger partial charge in [0.15, 0.2) is 11.5 Å². The van der Waals surface area contributed by atoms with E-state index in [1.165, 1.54) is 102 Å². The number of phenols is 1. The van der Waals surface area contributed by atoms with E-state index in [0.717, 1.165) is 166 Å². The van der Waals surface area contributed by atoms with E-state index in [-0.39, 0.29) is 5.75 Å². The predicted molar refractivity (Wildman–Crippen MR) is 521 cm³/mol. The zero-order valence-corrected chi connectivity index (χ0v) is 82.0. The maximum absolute atomic E-state index is 12.5. The van der Waals surface area contributed by atoms with E-state index < -0.39 is 23.5 Å². The molecule has 125 heavy (non-hydrogen) atoms. The summed E-state index contributed by atoms with van der Waals surface area (Å²) in [5.41, 5.74) is 11.2. The number of alkyl halides is 6. The maximum atomic E-state index is 12.5. The molecule has 10 aromatic rings. The van der Waals surface area contributed by atoms with Crippen LogP contribution in [0, 0.1) is 59.2 Å². The first-order valence-electron chi connectivity index (χ1n) is 45.0. The molecule has 12 rings (SSSR count). The Kier molecular flexibility index (Phi) is 48.3. The van der Waals surface area contributed by atoms with Crippen LogP contribution < -0.4 is 23.7 Å². The van der Waals surface area contributed by atoms with Crippen molar-refractivity contribution in [2.45, 2.75) is 238 Å². The molecule has 2 saturated carbocycles. The third-order valence-electron chi connectivity index (χ3n) is 21.8. The van der Waals surface area contributed by atoms with Gasteiger partial charge in [-0.15, -0.1) is 0 Å². The molecule has 10 aromatic carbocycles. The Hall–Kier alpha value is -8.17. The van der Waals surface area contributed by atoms with E-state index in [1.807, 2.05) is 97.1 Å². The number of halogens is 9. The van der Waals surface area contributed by atoms with E-state index in [0.29, 0.717) is 47.2 Å². The molecule has 6 nitrogen and oxygen atoms in total. The number of rotatable bonds is 31. The molecule has 4 atom stereocenters. The van der Waals surface area contributed by atoms with Crippen LogP contribution in [0.2, 0.25) is 5.02 Å². The van der Waals surface area contributed by atoms with Crippen LogP contribution >= 0.6 is 43.5 Å². The molecule has 0 radical (unpaired) electrons. The van der Waals surface area contributed by atoms with E-state index in [2.05, 4.69) is 241 Å². The molecule has 2 fully saturated rings. The summed E-state index contributed by atoms with van der Waals surface area (Å²) < 4.78 is 104. The number of aryl methyl sites for hydroxylation is 6. The summed E-state index contributed by atoms with van der Waals surface area (Å²) in [6, 6.07) is 73.4. The van der Waals surface area contributed by atoms with Gasteiger partial charge in [0.25, 0.3) is 0 Å². The van der Waals surface area contributed by atoms with Gasteiger partial charge in [0.1, 0.15) is 28.7 Å². The minimum atomic E-state index is -4.22. The molecular formula is C110H143Br2ClF6O6. The van der Waals surface area contributed by atoms with E-state index in [1.54, 1.807) is 27.4 Å². The average molecular weight is 1870 g/mol. The molecule has 0 heterocycles. The van der Waals surface area contributed by atoms with Crippen LogP contribution in [0.25, 0.3) is 11.1 Å². The van der Waals surface area contributed by atoms with Crippen molar-refractivity contribution in [3.8, 4) is 51.4 Å². The zero-order chi connectivity index (χ0) is 92.3. The van der Waals surface area contributed by atoms with Crippen molar-refractivity contribution in [2.24, 2.45) is 59.2 Å². The Bertz CT molecular complexity index is 4480. The first kappa shape index (κ1) is 107. The number of ether oxygens (including phenoxy) is 5. The van der Waals surface area contributed by atoms with Crippen molar-refractivity contribution in [1.82, 2.24) is 0 Å². The molecule has 682 valence electrons. The fourth-order valence-corrected chi connectivity index (χ4v) is 15.1. The highest BCUT2D eigenvalue weighted by atomic mass is 79.9. The molecule has 0 saturated heterocycles. The number of para-hydroxylation sites is 1. The predicted octanol–water partition coefficient (Wildman–Crippen LogP) is 34.7. The highest BCUT2D eigenvalue weighted by Gasteiger charge is 2.42. The smallest absolute Gasteiger partial charge is 0.416 e. The van der Waals surface area contributed by atoms with Crippen molar-refractivity contribution in [1.29, 1.82) is 0 Å². The van der Waals surface area contributed by atoms with Crippen LogP contribution in [-0.4, -0.2) is 33.0 Å². The summed E-state index contributed by atoms with van der Waals surface area (Å²) in [5, 5.41) is 10.3. The van der Waals surface area contributed by atoms with Crippen molar-refractivity contribution in [3.05, 3.63) is 300 Å². The summed E-state index contributed by atoms with van der Waals surface area (Å²) in [5.74, 6) is 12.6. The van der Waals surface area contributed by atoms with Gasteiger partial charge in [0.2, 0.25) is 0 Å². The summed E-state index contributed by atoms with van der Waals surface area (Å²) >= 11 is 13.1. The van der Waals surface area contributed by atoms with Crippen LogP contribution in [0.1, 0.15) is 243 Å². The fourth-order valence-electron chi connectivity index (χ4n) is 13.9. The number of aromatic hydroxyl groups is 1. The summed E-state index contributed by atoms with van der Waals surface area (Å²) in [6.45, 7) is 38.2. The van der Waals surface area contributed by atoms with E-state index >= 15 is 0 Å². The van der Waals surface area contributed by atoms with Crippen LogP contribution in [0.5, 0.6) is 40.2 Å². The second-order valence-corrected chi connectivity index (χ2v) is 38.2. The van der Waals surface area contributed by atoms with Gasteiger partial charge >= 0.3 is 12.4 Å². The Balaban J connectivity index is 0.000000254. The zero-order valence-electron chi connectivity index (χ0n) is 78.1. The van der Waals surface area contributed by atoms with Crippen LogP contribution in [0.4, 0.5) is 26.3 Å². The third-order valence-corrected chi connectivity index (χ3v) is 23.3. The van der Waals surface area contributed by atoms with Gasteiger partial charge in [-0.05, 0) is 330 Å². The lowest BCUT2D eigenvalue weighted by Gasteiger charge is -2.10. The van der Waals surface area contributed by atoms with Crippen molar-refractivity contribution in [3.63, 3.8) is 0 Å². The molecule has 0 bridgehead atoms. The average Bonchev–Trinajstić information content (AvgIpc) is 1.65. The van der Waals surface area contributed by atoms with Gasteiger partial charge in [0.05, 0.1) is 48.6 Å². The molecule has 0 unspecified atom stereocenters. The molecule has 15 heteroatoms. The lowest BCUT2D eigenvalue weighted by atomic mass is 9.99. The topological polar surface area (TPSA) is 66.4 Å². The van der Waals surface area contributed by atoms with Gasteiger partial charge in [-0.25, -0.2) is 0 Å².